The quantitative estimate of drug-likeness (QED) is 0.443. The highest BCUT2D eigenvalue weighted by Crippen LogP contribution is 2.29. The molecule has 1 aromatic carbocycles. The van der Waals surface area contributed by atoms with Crippen LogP contribution in [-0.2, 0) is 0 Å². The molecule has 3 rings (SSSR count). The normalized spacial score (nSPS) is 10.9. The largest absolute Gasteiger partial charge is 0.369 e. The average Bonchev–Trinajstić information content (AvgIpc) is 3.02. The smallest absolute Gasteiger partial charge is 0.139 e. The van der Waals surface area contributed by atoms with Gasteiger partial charge in [-0.25, -0.2) is 4.98 Å². The molecule has 0 aliphatic heterocycles. The van der Waals surface area contributed by atoms with Gasteiger partial charge < -0.3 is 10.3 Å². The first-order valence-electron chi connectivity index (χ1n) is 9.01. The molecule has 0 saturated heterocycles. The molecule has 1 N–H and O–H groups in total. The minimum Gasteiger partial charge on any atom is -0.369 e. The van der Waals surface area contributed by atoms with Gasteiger partial charge in [0.05, 0.1) is 0 Å². The van der Waals surface area contributed by atoms with E-state index in [0.717, 1.165) is 48.7 Å². The lowest BCUT2D eigenvalue weighted by Gasteiger charge is -2.10. The predicted octanol–water partition coefficient (Wildman–Crippen LogP) is 4.98. The molecule has 0 unspecified atom stereocenters. The Morgan fingerprint density at radius 2 is 1.80 bits per heavy atom. The van der Waals surface area contributed by atoms with Gasteiger partial charge in [-0.1, -0.05) is 49.2 Å². The van der Waals surface area contributed by atoms with Gasteiger partial charge in [0.1, 0.15) is 17.2 Å². The maximum absolute atomic E-state index is 4.86. The highest BCUT2D eigenvalue weighted by Gasteiger charge is 2.14. The number of aromatic nitrogens is 2. The van der Waals surface area contributed by atoms with E-state index in [1.165, 1.54) is 18.5 Å². The van der Waals surface area contributed by atoms with Gasteiger partial charge in [0.15, 0.2) is 0 Å². The van der Waals surface area contributed by atoms with Crippen LogP contribution < -0.4 is 5.32 Å². The summed E-state index contributed by atoms with van der Waals surface area (Å²) in [5.74, 6) is 1.09. The van der Waals surface area contributed by atoms with Crippen molar-refractivity contribution in [1.29, 1.82) is 0 Å². The molecule has 0 atom stereocenters. The van der Waals surface area contributed by atoms with E-state index in [9.17, 15) is 0 Å². The molecular formula is C21H26N4. The number of anilines is 1. The van der Waals surface area contributed by atoms with Crippen molar-refractivity contribution in [3.05, 3.63) is 54.2 Å². The van der Waals surface area contributed by atoms with E-state index in [0.29, 0.717) is 0 Å². The van der Waals surface area contributed by atoms with E-state index in [1.807, 2.05) is 6.07 Å². The van der Waals surface area contributed by atoms with Gasteiger partial charge in [0.2, 0.25) is 0 Å². The summed E-state index contributed by atoms with van der Waals surface area (Å²) in [7, 11) is 0. The first kappa shape index (κ1) is 17.2. The summed E-state index contributed by atoms with van der Waals surface area (Å²) < 4.78 is 2.21. The Morgan fingerprint density at radius 1 is 1.00 bits per heavy atom. The lowest BCUT2D eigenvalue weighted by Crippen LogP contribution is -2.06. The fourth-order valence-corrected chi connectivity index (χ4v) is 3.12. The second kappa shape index (κ2) is 8.47. The lowest BCUT2D eigenvalue weighted by molar-refractivity contribution is 0.662. The fraction of sp³-hybridized carbons (Fsp3) is 0.333. The number of nitrogens with zero attached hydrogens (tertiary/aromatic N) is 3. The molecule has 0 aliphatic carbocycles. The van der Waals surface area contributed by atoms with Crippen LogP contribution in [0.15, 0.2) is 53.5 Å². The number of unbranched alkanes of at least 4 members (excludes halogenated alkanes) is 3. The highest BCUT2D eigenvalue weighted by molar-refractivity contribution is 5.76. The highest BCUT2D eigenvalue weighted by atomic mass is 15.1. The van der Waals surface area contributed by atoms with Gasteiger partial charge in [0.25, 0.3) is 0 Å². The molecule has 130 valence electrons. The first-order chi connectivity index (χ1) is 12.3. The molecular weight excluding hydrogens is 308 g/mol. The zero-order valence-corrected chi connectivity index (χ0v) is 14.9. The Balaban J connectivity index is 1.79. The maximum atomic E-state index is 4.86. The molecule has 0 saturated carbocycles. The number of imidazole rings is 1. The third kappa shape index (κ3) is 4.08. The zero-order valence-electron chi connectivity index (χ0n) is 14.9. The van der Waals surface area contributed by atoms with Crippen molar-refractivity contribution in [1.82, 2.24) is 9.38 Å². The summed E-state index contributed by atoms with van der Waals surface area (Å²) in [6.45, 7) is 7.47. The minimum atomic E-state index is 0.873. The number of benzene rings is 1. The van der Waals surface area contributed by atoms with E-state index in [2.05, 4.69) is 70.8 Å². The SMILES string of the molecule is C=NCCCCCCNc1c(-c2ccccc2)nc2cccc(C)n12. The van der Waals surface area contributed by atoms with Gasteiger partial charge in [-0.3, -0.25) is 4.40 Å². The number of pyridine rings is 1. The second-order valence-electron chi connectivity index (χ2n) is 6.32. The Labute approximate surface area is 149 Å². The minimum absolute atomic E-state index is 0.873. The Kier molecular flexibility index (Phi) is 5.83. The van der Waals surface area contributed by atoms with Gasteiger partial charge in [-0.05, 0) is 38.6 Å². The number of aliphatic imine (C=N–C) groups is 1. The number of rotatable bonds is 9. The van der Waals surface area contributed by atoms with Crippen molar-refractivity contribution in [3.63, 3.8) is 0 Å². The van der Waals surface area contributed by atoms with Crippen molar-refractivity contribution in [3.8, 4) is 11.3 Å². The molecule has 0 fully saturated rings. The van der Waals surface area contributed by atoms with Crippen LogP contribution in [0, 0.1) is 6.92 Å². The number of hydrogen-bond donors (Lipinski definition) is 1. The molecule has 0 radical (unpaired) electrons. The van der Waals surface area contributed by atoms with E-state index >= 15 is 0 Å². The third-order valence-electron chi connectivity index (χ3n) is 4.42. The fourth-order valence-electron chi connectivity index (χ4n) is 3.12. The van der Waals surface area contributed by atoms with Crippen LogP contribution in [0.4, 0.5) is 5.82 Å². The topological polar surface area (TPSA) is 41.7 Å². The third-order valence-corrected chi connectivity index (χ3v) is 4.42. The Hall–Kier alpha value is -2.62. The van der Waals surface area contributed by atoms with Crippen LogP contribution in [-0.4, -0.2) is 29.2 Å². The lowest BCUT2D eigenvalue weighted by atomic mass is 10.1. The number of nitrogens with one attached hydrogen (secondary N) is 1. The molecule has 2 heterocycles. The van der Waals surface area contributed by atoms with Crippen LogP contribution >= 0.6 is 0 Å². The van der Waals surface area contributed by atoms with Crippen LogP contribution in [0.5, 0.6) is 0 Å². The molecule has 3 aromatic rings. The zero-order chi connectivity index (χ0) is 17.5. The molecule has 0 amide bonds. The molecule has 4 nitrogen and oxygen atoms in total. The standard InChI is InChI=1S/C21H26N4/c1-17-11-10-14-19-24-20(18-12-6-5-7-13-18)21(25(17)19)23-16-9-4-3-8-15-22-2/h5-7,10-14,23H,2-4,8-9,15-16H2,1H3. The van der Waals surface area contributed by atoms with Gasteiger partial charge >= 0.3 is 0 Å². The summed E-state index contributed by atoms with van der Waals surface area (Å²) in [5.41, 5.74) is 4.33. The van der Waals surface area contributed by atoms with Crippen molar-refractivity contribution < 1.29 is 0 Å². The Bertz CT molecular complexity index is 821. The number of fused-ring (bicyclic) bond motifs is 1. The van der Waals surface area contributed by atoms with Crippen LogP contribution in [0.2, 0.25) is 0 Å². The van der Waals surface area contributed by atoms with Crippen LogP contribution in [0.1, 0.15) is 31.4 Å². The molecule has 0 bridgehead atoms. The first-order valence-corrected chi connectivity index (χ1v) is 9.01. The van der Waals surface area contributed by atoms with E-state index in [4.69, 9.17) is 4.98 Å². The molecule has 0 spiro atoms. The van der Waals surface area contributed by atoms with Crippen molar-refractivity contribution in [2.45, 2.75) is 32.6 Å². The van der Waals surface area contributed by atoms with E-state index < -0.39 is 0 Å². The molecule has 2 aromatic heterocycles. The molecule has 0 aliphatic rings. The van der Waals surface area contributed by atoms with E-state index in [1.54, 1.807) is 0 Å². The summed E-state index contributed by atoms with van der Waals surface area (Å²) >= 11 is 0. The summed E-state index contributed by atoms with van der Waals surface area (Å²) in [5, 5.41) is 3.63. The molecule has 4 heteroatoms. The maximum Gasteiger partial charge on any atom is 0.139 e. The Morgan fingerprint density at radius 3 is 2.60 bits per heavy atom. The van der Waals surface area contributed by atoms with Crippen LogP contribution in [0.3, 0.4) is 0 Å². The van der Waals surface area contributed by atoms with E-state index in [-0.39, 0.29) is 0 Å². The van der Waals surface area contributed by atoms with Crippen LogP contribution in [0.25, 0.3) is 16.9 Å². The van der Waals surface area contributed by atoms with Gasteiger partial charge in [-0.15, -0.1) is 0 Å². The van der Waals surface area contributed by atoms with Crippen molar-refractivity contribution >= 4 is 18.2 Å². The van der Waals surface area contributed by atoms with Crippen molar-refractivity contribution in [2.75, 3.05) is 18.4 Å². The van der Waals surface area contributed by atoms with Gasteiger partial charge in [-0.2, -0.15) is 0 Å². The van der Waals surface area contributed by atoms with Crippen molar-refractivity contribution in [2.24, 2.45) is 4.99 Å². The summed E-state index contributed by atoms with van der Waals surface area (Å²) in [4.78, 5) is 8.77. The monoisotopic (exact) mass is 334 g/mol. The molecule has 25 heavy (non-hydrogen) atoms. The summed E-state index contributed by atoms with van der Waals surface area (Å²) in [6, 6.07) is 16.6. The summed E-state index contributed by atoms with van der Waals surface area (Å²) in [6.07, 6.45) is 4.69. The predicted molar refractivity (Wildman–Crippen MR) is 107 cm³/mol. The van der Waals surface area contributed by atoms with Gasteiger partial charge in [0, 0.05) is 24.3 Å². The number of aryl methyl sites for hydroxylation is 1. The second-order valence-corrected chi connectivity index (χ2v) is 6.32. The number of hydrogen-bond acceptors (Lipinski definition) is 3. The average molecular weight is 334 g/mol.